The number of carbonyl (C=O) groups excluding carboxylic acids is 5. The average Bonchev–Trinajstić information content (AvgIpc) is 3.08. The third-order valence-corrected chi connectivity index (χ3v) is 7.54. The summed E-state index contributed by atoms with van der Waals surface area (Å²) in [5.74, 6) is -6.19. The highest BCUT2D eigenvalue weighted by atomic mass is 19.1. The number of fused-ring (bicyclic) bond motifs is 1. The van der Waals surface area contributed by atoms with Gasteiger partial charge in [-0.2, -0.15) is 0 Å². The van der Waals surface area contributed by atoms with Crippen molar-refractivity contribution in [3.63, 3.8) is 0 Å². The van der Waals surface area contributed by atoms with Crippen LogP contribution in [0.4, 0.5) is 10.1 Å². The number of nitrogens with zero attached hydrogens (tertiary/aromatic N) is 2. The Hall–Kier alpha value is -5.86. The lowest BCUT2D eigenvalue weighted by molar-refractivity contribution is -0.146. The number of hydrogen-bond acceptors (Lipinski definition) is 8. The van der Waals surface area contributed by atoms with Gasteiger partial charge < -0.3 is 38.3 Å². The summed E-state index contributed by atoms with van der Waals surface area (Å²) >= 11 is 0. The summed E-state index contributed by atoms with van der Waals surface area (Å²) in [6.45, 7) is 0.461. The summed E-state index contributed by atoms with van der Waals surface area (Å²) in [5.41, 5.74) is 21.3. The fourth-order valence-corrected chi connectivity index (χ4v) is 5.03. The maximum absolute atomic E-state index is 14.4. The molecular weight excluding hydrogens is 635 g/mol. The number of hydrogen-bond donors (Lipinski definition) is 6. The smallest absolute Gasteiger partial charge is 0.328 e. The highest BCUT2D eigenvalue weighted by Crippen LogP contribution is 2.23. The van der Waals surface area contributed by atoms with Crippen LogP contribution in [0.2, 0.25) is 0 Å². The molecule has 0 saturated heterocycles. The van der Waals surface area contributed by atoms with Crippen LogP contribution in [-0.4, -0.2) is 67.5 Å². The molecule has 3 rings (SSSR count). The summed E-state index contributed by atoms with van der Waals surface area (Å²) in [4.78, 5) is 73.7. The number of Topliss-reactive ketones (excluding diaryl/α,β-unsaturated/α-hetero) is 2. The number of guanidine groups is 2. The van der Waals surface area contributed by atoms with Crippen LogP contribution in [0.3, 0.4) is 0 Å². The Morgan fingerprint density at radius 3 is 2.16 bits per heavy atom. The van der Waals surface area contributed by atoms with Gasteiger partial charge in [-0.05, 0) is 66.8 Å². The molecule has 15 heteroatoms. The molecule has 14 nitrogen and oxygen atoms in total. The van der Waals surface area contributed by atoms with Gasteiger partial charge in [-0.1, -0.05) is 36.8 Å². The highest BCUT2D eigenvalue weighted by Gasteiger charge is 2.30. The lowest BCUT2D eigenvalue weighted by atomic mass is 9.91. The van der Waals surface area contributed by atoms with Crippen molar-refractivity contribution in [2.24, 2.45) is 38.8 Å². The predicted molar refractivity (Wildman–Crippen MR) is 184 cm³/mol. The van der Waals surface area contributed by atoms with Gasteiger partial charge in [0.15, 0.2) is 11.9 Å². The summed E-state index contributed by atoms with van der Waals surface area (Å²) in [7, 11) is 1.16. The molecule has 10 N–H and O–H groups in total. The molecule has 0 saturated carbocycles. The van der Waals surface area contributed by atoms with E-state index < -0.39 is 53.5 Å². The van der Waals surface area contributed by atoms with Gasteiger partial charge in [0.25, 0.3) is 5.91 Å². The molecule has 0 aromatic heterocycles. The molecular formula is C34H41FN8O6. The summed E-state index contributed by atoms with van der Waals surface area (Å²) < 4.78 is 19.2. The molecule has 0 spiro atoms. The molecule has 0 heterocycles. The van der Waals surface area contributed by atoms with Crippen molar-refractivity contribution in [3.05, 3.63) is 77.6 Å². The molecule has 3 aromatic rings. The Morgan fingerprint density at radius 2 is 1.49 bits per heavy atom. The second-order valence-corrected chi connectivity index (χ2v) is 11.2. The Kier molecular flexibility index (Phi) is 14.2. The summed E-state index contributed by atoms with van der Waals surface area (Å²) in [5, 5.41) is 6.93. The molecule has 2 amide bonds. The van der Waals surface area contributed by atoms with Gasteiger partial charge in [-0.25, -0.2) is 9.18 Å². The normalized spacial score (nSPS) is 11.9. The number of methoxy groups -OCH3 is 1. The van der Waals surface area contributed by atoms with Crippen LogP contribution in [-0.2, 0) is 19.1 Å². The highest BCUT2D eigenvalue weighted by molar-refractivity contribution is 6.45. The minimum atomic E-state index is -1.10. The van der Waals surface area contributed by atoms with Gasteiger partial charge in [0.05, 0.1) is 18.4 Å². The summed E-state index contributed by atoms with van der Waals surface area (Å²) in [6, 6.07) is 14.5. The number of anilines is 1. The SMILES string of the molecule is COC(=O)C(CCCN=C(N)N)NC(=O)C(CCCCN=C(N)N)CC(=O)C(=O)c1cc(F)ccc1NC(=O)c1ccc2ccccc2c1. The molecule has 0 aliphatic heterocycles. The van der Waals surface area contributed by atoms with Crippen LogP contribution in [0.1, 0.15) is 59.2 Å². The number of halogens is 1. The van der Waals surface area contributed by atoms with E-state index in [4.69, 9.17) is 27.7 Å². The fourth-order valence-electron chi connectivity index (χ4n) is 5.03. The van der Waals surface area contributed by atoms with E-state index in [-0.39, 0.29) is 54.7 Å². The number of rotatable bonds is 18. The van der Waals surface area contributed by atoms with Gasteiger partial charge in [-0.3, -0.25) is 29.2 Å². The molecule has 2 atom stereocenters. The minimum absolute atomic E-state index is 0.0809. The molecule has 0 aliphatic carbocycles. The predicted octanol–water partition coefficient (Wildman–Crippen LogP) is 2.14. The first-order valence-electron chi connectivity index (χ1n) is 15.6. The van der Waals surface area contributed by atoms with E-state index in [2.05, 4.69) is 20.6 Å². The lowest BCUT2D eigenvalue weighted by Crippen LogP contribution is -2.45. The van der Waals surface area contributed by atoms with Crippen molar-refractivity contribution in [2.75, 3.05) is 25.5 Å². The molecule has 2 unspecified atom stereocenters. The number of carbonyl (C=O) groups is 5. The van der Waals surface area contributed by atoms with E-state index in [0.29, 0.717) is 19.3 Å². The molecule has 260 valence electrons. The Balaban J connectivity index is 1.80. The number of benzene rings is 3. The zero-order chi connectivity index (χ0) is 35.9. The maximum atomic E-state index is 14.4. The molecule has 0 radical (unpaired) electrons. The van der Waals surface area contributed by atoms with E-state index in [1.807, 2.05) is 24.3 Å². The van der Waals surface area contributed by atoms with Crippen LogP contribution in [0.25, 0.3) is 10.8 Å². The number of ether oxygens (including phenoxy) is 1. The van der Waals surface area contributed by atoms with Crippen molar-refractivity contribution in [2.45, 2.75) is 44.6 Å². The molecule has 0 bridgehead atoms. The van der Waals surface area contributed by atoms with Crippen LogP contribution < -0.4 is 33.6 Å². The second-order valence-electron chi connectivity index (χ2n) is 11.2. The molecule has 0 aliphatic rings. The third kappa shape index (κ3) is 11.7. The fraction of sp³-hybridized carbons (Fsp3) is 0.324. The van der Waals surface area contributed by atoms with Gasteiger partial charge in [0.1, 0.15) is 11.9 Å². The molecule has 3 aromatic carbocycles. The first-order chi connectivity index (χ1) is 23.4. The lowest BCUT2D eigenvalue weighted by Gasteiger charge is -2.21. The van der Waals surface area contributed by atoms with E-state index in [9.17, 15) is 28.4 Å². The average molecular weight is 677 g/mol. The van der Waals surface area contributed by atoms with Crippen LogP contribution in [0, 0.1) is 11.7 Å². The summed E-state index contributed by atoms with van der Waals surface area (Å²) in [6.07, 6.45) is 0.855. The van der Waals surface area contributed by atoms with Gasteiger partial charge in [-0.15, -0.1) is 0 Å². The van der Waals surface area contributed by atoms with Crippen molar-refractivity contribution in [3.8, 4) is 0 Å². The standard InChI is InChI=1S/C34H41FN8O6/c1-49-32(48)27(10-6-16-41-34(38)39)43-30(46)22(9-4-5-15-40-33(36)37)18-28(44)29(45)25-19-24(35)13-14-26(25)42-31(47)23-12-11-20-7-2-3-8-21(20)17-23/h2-3,7-8,11-14,17,19,22,27H,4-6,9-10,15-16,18H2,1H3,(H,42,47)(H,43,46)(H4,36,37,40)(H4,38,39,41). The number of esters is 1. The largest absolute Gasteiger partial charge is 0.467 e. The topological polar surface area (TPSA) is 247 Å². The van der Waals surface area contributed by atoms with Crippen LogP contribution in [0.15, 0.2) is 70.6 Å². The Labute approximate surface area is 282 Å². The minimum Gasteiger partial charge on any atom is -0.467 e. The first-order valence-corrected chi connectivity index (χ1v) is 15.6. The second kappa shape index (κ2) is 18.5. The number of aliphatic imine (C=N–C) groups is 2. The van der Waals surface area contributed by atoms with E-state index in [0.717, 1.165) is 30.0 Å². The van der Waals surface area contributed by atoms with Crippen LogP contribution >= 0.6 is 0 Å². The van der Waals surface area contributed by atoms with E-state index in [1.54, 1.807) is 18.2 Å². The van der Waals surface area contributed by atoms with Crippen molar-refractivity contribution in [1.82, 2.24) is 5.32 Å². The van der Waals surface area contributed by atoms with E-state index in [1.165, 1.54) is 6.07 Å². The van der Waals surface area contributed by atoms with Gasteiger partial charge >= 0.3 is 5.97 Å². The molecule has 49 heavy (non-hydrogen) atoms. The maximum Gasteiger partial charge on any atom is 0.328 e. The van der Waals surface area contributed by atoms with Crippen molar-refractivity contribution >= 4 is 57.7 Å². The quantitative estimate of drug-likeness (QED) is 0.0286. The number of nitrogens with one attached hydrogen (secondary N) is 2. The Bertz CT molecular complexity index is 1740. The zero-order valence-electron chi connectivity index (χ0n) is 27.1. The number of nitrogens with two attached hydrogens (primary N) is 4. The van der Waals surface area contributed by atoms with Gasteiger partial charge in [0, 0.05) is 31.0 Å². The molecule has 0 fully saturated rings. The Morgan fingerprint density at radius 1 is 0.816 bits per heavy atom. The van der Waals surface area contributed by atoms with Gasteiger partial charge in [0.2, 0.25) is 17.5 Å². The number of amides is 2. The van der Waals surface area contributed by atoms with Crippen molar-refractivity contribution < 1.29 is 33.1 Å². The number of unbranched alkanes of at least 4 members (excludes halogenated alkanes) is 1. The monoisotopic (exact) mass is 676 g/mol. The number of ketones is 2. The zero-order valence-corrected chi connectivity index (χ0v) is 27.1. The van der Waals surface area contributed by atoms with Crippen LogP contribution in [0.5, 0.6) is 0 Å². The van der Waals surface area contributed by atoms with E-state index >= 15 is 0 Å². The first kappa shape index (κ1) is 37.6. The third-order valence-electron chi connectivity index (χ3n) is 7.54. The van der Waals surface area contributed by atoms with Crippen molar-refractivity contribution in [1.29, 1.82) is 0 Å².